The first-order valence-corrected chi connectivity index (χ1v) is 9.89. The normalized spacial score (nSPS) is 10.1. The Morgan fingerprint density at radius 1 is 1.06 bits per heavy atom. The first-order valence-electron chi connectivity index (χ1n) is 9.89. The summed E-state index contributed by atoms with van der Waals surface area (Å²) in [5, 5.41) is 15.7. The van der Waals surface area contributed by atoms with Gasteiger partial charge < -0.3 is 15.8 Å². The number of nitro benzene ring substituents is 1. The number of nitrogens with zero attached hydrogens (tertiary/aromatic N) is 4. The molecule has 3 N–H and O–H groups in total. The van der Waals surface area contributed by atoms with Crippen LogP contribution in [0.5, 0.6) is 5.75 Å². The first kappa shape index (κ1) is 23.1. The molecule has 0 radical (unpaired) electrons. The van der Waals surface area contributed by atoms with E-state index < -0.39 is 0 Å². The van der Waals surface area contributed by atoms with Gasteiger partial charge in [-0.05, 0) is 43.7 Å². The van der Waals surface area contributed by atoms with Crippen molar-refractivity contribution in [3.05, 3.63) is 88.0 Å². The number of amides is 1. The summed E-state index contributed by atoms with van der Waals surface area (Å²) in [6, 6.07) is 14.0. The zero-order valence-corrected chi connectivity index (χ0v) is 18.1. The van der Waals surface area contributed by atoms with Crippen LogP contribution in [0.4, 0.5) is 17.3 Å². The minimum atomic E-state index is -0.386. The van der Waals surface area contributed by atoms with E-state index in [1.54, 1.807) is 30.6 Å². The standard InChI is InChI=1S/C22H19N5O3.CH3NO/c1-14-15(2)25-22(12-24-14)26-21-11-16(9-10-23-21)13-30-20-8-7-19(27(28)29)17-5-3-4-6-18(17)20;2-1-3/h3-12H,13H2,1-2H3,(H,23,25,26);1H,(H2,2,3). The third-order valence-electron chi connectivity index (χ3n) is 4.72. The van der Waals surface area contributed by atoms with Gasteiger partial charge in [-0.2, -0.15) is 0 Å². The van der Waals surface area contributed by atoms with Crippen LogP contribution in [0.2, 0.25) is 0 Å². The quantitative estimate of drug-likeness (QED) is 0.257. The predicted octanol–water partition coefficient (Wildman–Crippen LogP) is 3.97. The topological polar surface area (TPSA) is 146 Å². The summed E-state index contributed by atoms with van der Waals surface area (Å²) in [6.45, 7) is 4.10. The molecule has 0 saturated carbocycles. The third-order valence-corrected chi connectivity index (χ3v) is 4.72. The van der Waals surface area contributed by atoms with Gasteiger partial charge in [-0.3, -0.25) is 19.9 Å². The number of ether oxygens (including phenoxy) is 1. The number of aryl methyl sites for hydroxylation is 2. The molecule has 0 atom stereocenters. The number of nitro groups is 1. The van der Waals surface area contributed by atoms with Crippen LogP contribution in [0.1, 0.15) is 17.0 Å². The third kappa shape index (κ3) is 5.76. The molecule has 2 aromatic heterocycles. The summed E-state index contributed by atoms with van der Waals surface area (Å²) in [6.07, 6.45) is 3.60. The van der Waals surface area contributed by atoms with Gasteiger partial charge in [0.25, 0.3) is 5.69 Å². The number of hydrogen-bond donors (Lipinski definition) is 2. The van der Waals surface area contributed by atoms with E-state index >= 15 is 0 Å². The maximum atomic E-state index is 11.3. The van der Waals surface area contributed by atoms with Gasteiger partial charge in [0.15, 0.2) is 0 Å². The van der Waals surface area contributed by atoms with E-state index in [1.807, 2.05) is 38.1 Å². The number of non-ortho nitro benzene ring substituents is 1. The van der Waals surface area contributed by atoms with Crippen molar-refractivity contribution in [2.45, 2.75) is 20.5 Å². The van der Waals surface area contributed by atoms with Crippen molar-refractivity contribution in [1.82, 2.24) is 15.0 Å². The second-order valence-corrected chi connectivity index (χ2v) is 6.91. The molecule has 0 aliphatic rings. The number of nitrogens with one attached hydrogen (secondary N) is 1. The van der Waals surface area contributed by atoms with Crippen molar-refractivity contribution in [3.8, 4) is 5.75 Å². The number of hydrogen-bond acceptors (Lipinski definition) is 8. The maximum Gasteiger partial charge on any atom is 0.277 e. The zero-order valence-electron chi connectivity index (χ0n) is 18.1. The molecule has 2 heterocycles. The largest absolute Gasteiger partial charge is 0.488 e. The molecule has 33 heavy (non-hydrogen) atoms. The van der Waals surface area contributed by atoms with E-state index in [0.29, 0.717) is 28.2 Å². The van der Waals surface area contributed by atoms with Crippen LogP contribution >= 0.6 is 0 Å². The Morgan fingerprint density at radius 3 is 2.48 bits per heavy atom. The number of rotatable bonds is 6. The summed E-state index contributed by atoms with van der Waals surface area (Å²) >= 11 is 0. The van der Waals surface area contributed by atoms with Crippen LogP contribution < -0.4 is 15.8 Å². The number of carbonyl (C=O) groups is 1. The molecule has 0 saturated heterocycles. The molecule has 4 rings (SSSR count). The molecular weight excluding hydrogens is 424 g/mol. The van der Waals surface area contributed by atoms with Crippen molar-refractivity contribution >= 4 is 34.5 Å². The Hall–Kier alpha value is -4.60. The molecule has 0 aliphatic heterocycles. The van der Waals surface area contributed by atoms with Crippen LogP contribution in [-0.4, -0.2) is 26.3 Å². The first-order chi connectivity index (χ1) is 15.9. The fourth-order valence-corrected chi connectivity index (χ4v) is 3.07. The van der Waals surface area contributed by atoms with Gasteiger partial charge in [0.05, 0.1) is 27.9 Å². The zero-order chi connectivity index (χ0) is 23.8. The van der Waals surface area contributed by atoms with Crippen LogP contribution in [0.3, 0.4) is 0 Å². The van der Waals surface area contributed by atoms with E-state index in [0.717, 1.165) is 17.0 Å². The van der Waals surface area contributed by atoms with E-state index in [1.165, 1.54) is 6.07 Å². The Labute approximate surface area is 189 Å². The molecule has 1 amide bonds. The van der Waals surface area contributed by atoms with Gasteiger partial charge in [-0.15, -0.1) is 0 Å². The number of aromatic nitrogens is 3. The Kier molecular flexibility index (Phi) is 7.43. The molecule has 2 aromatic carbocycles. The Balaban J connectivity index is 0.000000968. The van der Waals surface area contributed by atoms with Gasteiger partial charge in [-0.25, -0.2) is 9.97 Å². The molecule has 0 spiro atoms. The monoisotopic (exact) mass is 446 g/mol. The van der Waals surface area contributed by atoms with E-state index in [2.05, 4.69) is 26.0 Å². The number of nitrogens with two attached hydrogens (primary N) is 1. The van der Waals surface area contributed by atoms with E-state index in [4.69, 9.17) is 9.53 Å². The number of pyridine rings is 1. The number of benzene rings is 2. The van der Waals surface area contributed by atoms with Crippen LogP contribution in [-0.2, 0) is 11.4 Å². The minimum Gasteiger partial charge on any atom is -0.488 e. The second-order valence-electron chi connectivity index (χ2n) is 6.91. The molecule has 10 heteroatoms. The highest BCUT2D eigenvalue weighted by molar-refractivity contribution is 5.95. The van der Waals surface area contributed by atoms with Gasteiger partial charge in [-0.1, -0.05) is 18.2 Å². The van der Waals surface area contributed by atoms with Gasteiger partial charge in [0, 0.05) is 17.6 Å². The fourth-order valence-electron chi connectivity index (χ4n) is 3.07. The summed E-state index contributed by atoms with van der Waals surface area (Å²) in [5.74, 6) is 1.83. The average molecular weight is 446 g/mol. The summed E-state index contributed by atoms with van der Waals surface area (Å²) in [4.78, 5) is 32.5. The predicted molar refractivity (Wildman–Crippen MR) is 124 cm³/mol. The summed E-state index contributed by atoms with van der Waals surface area (Å²) < 4.78 is 5.97. The highest BCUT2D eigenvalue weighted by Gasteiger charge is 2.14. The lowest BCUT2D eigenvalue weighted by Gasteiger charge is -2.11. The fraction of sp³-hybridized carbons (Fsp3) is 0.130. The van der Waals surface area contributed by atoms with Gasteiger partial charge in [0.1, 0.15) is 24.0 Å². The minimum absolute atomic E-state index is 0.0582. The number of carbonyl (C=O) groups excluding carboxylic acids is 1. The molecule has 4 aromatic rings. The molecule has 168 valence electrons. The smallest absolute Gasteiger partial charge is 0.277 e. The number of anilines is 2. The lowest BCUT2D eigenvalue weighted by Crippen LogP contribution is -2.02. The summed E-state index contributed by atoms with van der Waals surface area (Å²) in [5.41, 5.74) is 6.85. The molecule has 0 unspecified atom stereocenters. The Bertz CT molecular complexity index is 1300. The highest BCUT2D eigenvalue weighted by Crippen LogP contribution is 2.33. The van der Waals surface area contributed by atoms with Gasteiger partial charge in [0.2, 0.25) is 6.41 Å². The highest BCUT2D eigenvalue weighted by atomic mass is 16.6. The van der Waals surface area contributed by atoms with E-state index in [-0.39, 0.29) is 23.6 Å². The Morgan fingerprint density at radius 2 is 1.79 bits per heavy atom. The van der Waals surface area contributed by atoms with Gasteiger partial charge >= 0.3 is 0 Å². The maximum absolute atomic E-state index is 11.3. The lowest BCUT2D eigenvalue weighted by atomic mass is 10.1. The SMILES string of the molecule is Cc1ncc(Nc2cc(COc3ccc([N+](=O)[O-])c4ccccc34)ccn2)nc1C.NC=O. The van der Waals surface area contributed by atoms with Crippen LogP contribution in [0.25, 0.3) is 10.8 Å². The van der Waals surface area contributed by atoms with Crippen molar-refractivity contribution in [2.75, 3.05) is 5.32 Å². The number of primary amides is 1. The second kappa shape index (κ2) is 10.6. The molecule has 0 fully saturated rings. The average Bonchev–Trinajstić information content (AvgIpc) is 2.80. The van der Waals surface area contributed by atoms with E-state index in [9.17, 15) is 10.1 Å². The lowest BCUT2D eigenvalue weighted by molar-refractivity contribution is -0.383. The van der Waals surface area contributed by atoms with Crippen molar-refractivity contribution < 1.29 is 14.5 Å². The van der Waals surface area contributed by atoms with Crippen molar-refractivity contribution in [3.63, 3.8) is 0 Å². The number of fused-ring (bicyclic) bond motifs is 1. The van der Waals surface area contributed by atoms with Crippen LogP contribution in [0.15, 0.2) is 60.9 Å². The van der Waals surface area contributed by atoms with Crippen molar-refractivity contribution in [1.29, 1.82) is 0 Å². The molecule has 0 bridgehead atoms. The van der Waals surface area contributed by atoms with Crippen LogP contribution in [0, 0.1) is 24.0 Å². The molecule has 10 nitrogen and oxygen atoms in total. The molecule has 0 aliphatic carbocycles. The summed E-state index contributed by atoms with van der Waals surface area (Å²) in [7, 11) is 0. The van der Waals surface area contributed by atoms with Crippen molar-refractivity contribution in [2.24, 2.45) is 5.73 Å². The molecular formula is C23H22N6O4.